The SMILES string of the molecule is NC([CH]O)[CH]O. The normalized spacial score (nSPS) is 10.0. The van der Waals surface area contributed by atoms with Crippen LogP contribution in [0.25, 0.3) is 0 Å². The molecule has 0 unspecified atom stereocenters. The van der Waals surface area contributed by atoms with Crippen molar-refractivity contribution >= 4 is 0 Å². The van der Waals surface area contributed by atoms with Crippen molar-refractivity contribution in [2.75, 3.05) is 0 Å². The highest BCUT2D eigenvalue weighted by Crippen LogP contribution is 1.79. The Hall–Kier alpha value is -0.120. The Morgan fingerprint density at radius 2 is 1.67 bits per heavy atom. The number of hydrogen-bond acceptors (Lipinski definition) is 3. The molecule has 0 aliphatic carbocycles. The highest BCUT2D eigenvalue weighted by atomic mass is 16.3. The van der Waals surface area contributed by atoms with Gasteiger partial charge in [0.05, 0.1) is 19.3 Å². The molecule has 6 heavy (non-hydrogen) atoms. The summed E-state index contributed by atoms with van der Waals surface area (Å²) in [4.78, 5) is 0. The summed E-state index contributed by atoms with van der Waals surface area (Å²) < 4.78 is 0. The van der Waals surface area contributed by atoms with Gasteiger partial charge in [0.1, 0.15) is 0 Å². The van der Waals surface area contributed by atoms with Crippen LogP contribution in [0.4, 0.5) is 0 Å². The largest absolute Gasteiger partial charge is 0.389 e. The van der Waals surface area contributed by atoms with Crippen molar-refractivity contribution in [1.82, 2.24) is 0 Å². The van der Waals surface area contributed by atoms with E-state index in [4.69, 9.17) is 15.9 Å². The number of aliphatic hydroxyl groups excluding tert-OH is 2. The third-order valence-electron chi connectivity index (χ3n) is 0.344. The minimum Gasteiger partial charge on any atom is -0.389 e. The molecule has 0 amide bonds. The van der Waals surface area contributed by atoms with Gasteiger partial charge < -0.3 is 15.9 Å². The smallest absolute Gasteiger partial charge is 0.0992 e. The van der Waals surface area contributed by atoms with Crippen LogP contribution < -0.4 is 5.73 Å². The van der Waals surface area contributed by atoms with Gasteiger partial charge in [-0.2, -0.15) is 0 Å². The first-order valence-corrected chi connectivity index (χ1v) is 1.52. The maximum absolute atomic E-state index is 7.89. The van der Waals surface area contributed by atoms with Crippen LogP contribution in [0.15, 0.2) is 0 Å². The standard InChI is InChI=1S/C3H7NO2/c4-3(1-5)2-6/h1-3,5-6H,4H2. The molecule has 2 radical (unpaired) electrons. The van der Waals surface area contributed by atoms with Crippen LogP contribution in [0.3, 0.4) is 0 Å². The third-order valence-corrected chi connectivity index (χ3v) is 0.344. The Balaban J connectivity index is 2.75. The topological polar surface area (TPSA) is 66.5 Å². The predicted octanol–water partition coefficient (Wildman–Crippen LogP) is -0.618. The van der Waals surface area contributed by atoms with Crippen molar-refractivity contribution in [1.29, 1.82) is 0 Å². The zero-order valence-electron chi connectivity index (χ0n) is 3.20. The average molecular weight is 89.1 g/mol. The van der Waals surface area contributed by atoms with Gasteiger partial charge in [-0.05, 0) is 0 Å². The molecule has 0 saturated carbocycles. The van der Waals surface area contributed by atoms with Crippen LogP contribution in [0.2, 0.25) is 0 Å². The van der Waals surface area contributed by atoms with E-state index in [1.54, 1.807) is 0 Å². The summed E-state index contributed by atoms with van der Waals surface area (Å²) in [7, 11) is 0. The quantitative estimate of drug-likeness (QED) is 0.422. The van der Waals surface area contributed by atoms with E-state index in [1.165, 1.54) is 0 Å². The molecule has 0 atom stereocenters. The number of rotatable bonds is 2. The molecule has 0 bridgehead atoms. The fourth-order valence-corrected chi connectivity index (χ4v) is 0.0385. The van der Waals surface area contributed by atoms with Gasteiger partial charge in [-0.1, -0.05) is 0 Å². The van der Waals surface area contributed by atoms with Crippen LogP contribution in [0.1, 0.15) is 0 Å². The summed E-state index contributed by atoms with van der Waals surface area (Å²) in [6.07, 6.45) is 0. The van der Waals surface area contributed by atoms with Crippen LogP contribution in [0.5, 0.6) is 0 Å². The van der Waals surface area contributed by atoms with E-state index in [2.05, 4.69) is 0 Å². The molecule has 0 aromatic carbocycles. The van der Waals surface area contributed by atoms with E-state index in [9.17, 15) is 0 Å². The summed E-state index contributed by atoms with van der Waals surface area (Å²) in [6.45, 7) is 1.39. The summed E-state index contributed by atoms with van der Waals surface area (Å²) in [5.74, 6) is 0. The zero-order valence-corrected chi connectivity index (χ0v) is 3.20. The molecular weight excluding hydrogens is 82.0 g/mol. The second-order valence-electron chi connectivity index (χ2n) is 0.875. The summed E-state index contributed by atoms with van der Waals surface area (Å²) >= 11 is 0. The zero-order chi connectivity index (χ0) is 4.99. The van der Waals surface area contributed by atoms with Gasteiger partial charge in [0, 0.05) is 0 Å². The van der Waals surface area contributed by atoms with Crippen LogP contribution in [0, 0.1) is 13.2 Å². The van der Waals surface area contributed by atoms with E-state index in [0.29, 0.717) is 13.2 Å². The molecule has 0 aromatic heterocycles. The second-order valence-corrected chi connectivity index (χ2v) is 0.875. The molecule has 0 aliphatic heterocycles. The van der Waals surface area contributed by atoms with Crippen LogP contribution >= 0.6 is 0 Å². The van der Waals surface area contributed by atoms with Gasteiger partial charge in [0.15, 0.2) is 0 Å². The van der Waals surface area contributed by atoms with Crippen molar-refractivity contribution in [2.24, 2.45) is 5.73 Å². The first-order chi connectivity index (χ1) is 2.81. The first-order valence-electron chi connectivity index (χ1n) is 1.52. The van der Waals surface area contributed by atoms with Gasteiger partial charge in [0.25, 0.3) is 0 Å². The Morgan fingerprint density at radius 1 is 1.33 bits per heavy atom. The van der Waals surface area contributed by atoms with Gasteiger partial charge in [0.2, 0.25) is 0 Å². The number of hydrogen-bond donors (Lipinski definition) is 3. The average Bonchev–Trinajstić information content (AvgIpc) is 1.65. The van der Waals surface area contributed by atoms with E-state index >= 15 is 0 Å². The fourth-order valence-electron chi connectivity index (χ4n) is 0.0385. The van der Waals surface area contributed by atoms with Gasteiger partial charge in [-0.15, -0.1) is 0 Å². The lowest BCUT2D eigenvalue weighted by Crippen LogP contribution is -2.20. The molecule has 0 aromatic rings. The van der Waals surface area contributed by atoms with E-state index < -0.39 is 6.04 Å². The summed E-state index contributed by atoms with van der Waals surface area (Å²) in [6, 6.07) is -0.704. The van der Waals surface area contributed by atoms with Crippen molar-refractivity contribution in [2.45, 2.75) is 6.04 Å². The Kier molecular flexibility index (Phi) is 3.02. The molecule has 0 aliphatic rings. The van der Waals surface area contributed by atoms with Gasteiger partial charge >= 0.3 is 0 Å². The lowest BCUT2D eigenvalue weighted by atomic mass is 10.4. The van der Waals surface area contributed by atoms with E-state index in [0.717, 1.165) is 0 Å². The lowest BCUT2D eigenvalue weighted by molar-refractivity contribution is 0.299. The molecule has 0 heterocycles. The first kappa shape index (κ1) is 5.88. The van der Waals surface area contributed by atoms with Crippen molar-refractivity contribution in [3.05, 3.63) is 13.2 Å². The molecule has 0 rings (SSSR count). The number of aliphatic hydroxyl groups is 2. The highest BCUT2D eigenvalue weighted by Gasteiger charge is 1.93. The molecule has 3 heteroatoms. The predicted molar refractivity (Wildman–Crippen MR) is 20.4 cm³/mol. The summed E-state index contributed by atoms with van der Waals surface area (Å²) in [5, 5.41) is 15.8. The molecule has 3 nitrogen and oxygen atoms in total. The maximum Gasteiger partial charge on any atom is 0.0992 e. The third kappa shape index (κ3) is 2.14. The van der Waals surface area contributed by atoms with Gasteiger partial charge in [-0.25, -0.2) is 0 Å². The van der Waals surface area contributed by atoms with E-state index in [1.807, 2.05) is 0 Å². The van der Waals surface area contributed by atoms with Crippen molar-refractivity contribution in [3.8, 4) is 0 Å². The van der Waals surface area contributed by atoms with Crippen molar-refractivity contribution in [3.63, 3.8) is 0 Å². The van der Waals surface area contributed by atoms with E-state index in [-0.39, 0.29) is 0 Å². The fraction of sp³-hybridized carbons (Fsp3) is 0.333. The van der Waals surface area contributed by atoms with Crippen molar-refractivity contribution < 1.29 is 10.2 Å². The molecule has 4 N–H and O–H groups in total. The monoisotopic (exact) mass is 89.0 g/mol. The second kappa shape index (κ2) is 3.08. The highest BCUT2D eigenvalue weighted by molar-refractivity contribution is 4.74. The lowest BCUT2D eigenvalue weighted by Gasteiger charge is -1.96. The molecule has 0 spiro atoms. The van der Waals surface area contributed by atoms with Crippen LogP contribution in [-0.2, 0) is 0 Å². The maximum atomic E-state index is 7.89. The Labute approximate surface area is 36.4 Å². The van der Waals surface area contributed by atoms with Gasteiger partial charge in [-0.3, -0.25) is 0 Å². The molecule has 36 valence electrons. The molecular formula is C3H7NO2. The number of nitrogens with two attached hydrogens (primary N) is 1. The summed E-state index contributed by atoms with van der Waals surface area (Å²) in [5.41, 5.74) is 4.86. The minimum atomic E-state index is -0.704. The Morgan fingerprint density at radius 3 is 1.67 bits per heavy atom. The minimum absolute atomic E-state index is 0.694. The Bertz CT molecular complexity index is 28.0. The molecule has 0 fully saturated rings. The van der Waals surface area contributed by atoms with Crippen LogP contribution in [-0.4, -0.2) is 16.3 Å². The molecule has 0 saturated heterocycles.